The lowest BCUT2D eigenvalue weighted by Crippen LogP contribution is -2.60. The first-order valence-corrected chi connectivity index (χ1v) is 9.79. The summed E-state index contributed by atoms with van der Waals surface area (Å²) < 4.78 is 5.16. The lowest BCUT2D eigenvalue weighted by Gasteiger charge is -2.49. The number of hydrogen-bond donors (Lipinski definition) is 0. The molecule has 2 aliphatic rings. The van der Waals surface area contributed by atoms with Crippen molar-refractivity contribution in [3.05, 3.63) is 22.4 Å². The number of hydrogen-bond acceptors (Lipinski definition) is 5. The summed E-state index contributed by atoms with van der Waals surface area (Å²) in [6, 6.07) is 2.22. The number of piperazine rings is 1. The molecule has 1 spiro atoms. The molecule has 0 bridgehead atoms. The molecule has 3 heterocycles. The molecule has 2 aliphatic heterocycles. The van der Waals surface area contributed by atoms with Crippen molar-refractivity contribution in [2.24, 2.45) is 0 Å². The average Bonchev–Trinajstić information content (AvgIpc) is 3.03. The van der Waals surface area contributed by atoms with E-state index in [2.05, 4.69) is 33.7 Å². The molecule has 1 amide bonds. The molecule has 0 radical (unpaired) electrons. The molecule has 1 aromatic heterocycles. The molecule has 0 N–H and O–H groups in total. The van der Waals surface area contributed by atoms with E-state index in [-0.39, 0.29) is 11.4 Å². The summed E-state index contributed by atoms with van der Waals surface area (Å²) in [6.45, 7) is 6.46. The third kappa shape index (κ3) is 3.99. The second-order valence-corrected chi connectivity index (χ2v) is 7.89. The van der Waals surface area contributed by atoms with Crippen LogP contribution in [0.3, 0.4) is 0 Å². The highest BCUT2D eigenvalue weighted by molar-refractivity contribution is 7.07. The van der Waals surface area contributed by atoms with E-state index >= 15 is 0 Å². The topological polar surface area (TPSA) is 36.0 Å². The van der Waals surface area contributed by atoms with E-state index in [9.17, 15) is 4.79 Å². The van der Waals surface area contributed by atoms with Crippen molar-refractivity contribution in [2.45, 2.75) is 31.3 Å². The molecule has 0 aromatic carbocycles. The van der Waals surface area contributed by atoms with Gasteiger partial charge in [0.2, 0.25) is 5.91 Å². The first-order chi connectivity index (χ1) is 11.6. The first-order valence-electron chi connectivity index (χ1n) is 8.84. The van der Waals surface area contributed by atoms with Crippen molar-refractivity contribution in [1.29, 1.82) is 0 Å². The summed E-state index contributed by atoms with van der Waals surface area (Å²) >= 11 is 1.77. The van der Waals surface area contributed by atoms with Crippen LogP contribution in [0.25, 0.3) is 0 Å². The number of thiophene rings is 1. The maximum atomic E-state index is 12.4. The summed E-state index contributed by atoms with van der Waals surface area (Å²) in [5.74, 6) is 0.285. The zero-order valence-electron chi connectivity index (χ0n) is 14.9. The lowest BCUT2D eigenvalue weighted by molar-refractivity contribution is -0.131. The lowest BCUT2D eigenvalue weighted by atomic mass is 9.86. The highest BCUT2D eigenvalue weighted by atomic mass is 32.1. The van der Waals surface area contributed by atoms with Gasteiger partial charge in [0.1, 0.15) is 0 Å². The molecule has 2 fully saturated rings. The van der Waals surface area contributed by atoms with E-state index < -0.39 is 0 Å². The molecule has 0 unspecified atom stereocenters. The second-order valence-electron chi connectivity index (χ2n) is 7.11. The molecular formula is C18H29N3O2S. The molecule has 0 saturated carbocycles. The number of carbonyl (C=O) groups excluding carboxylic acids is 1. The van der Waals surface area contributed by atoms with Gasteiger partial charge in [0.05, 0.1) is 6.61 Å². The van der Waals surface area contributed by atoms with Crippen LogP contribution in [-0.2, 0) is 16.1 Å². The number of ether oxygens (including phenoxy) is 1. The van der Waals surface area contributed by atoms with Crippen LogP contribution in [0.5, 0.6) is 0 Å². The third-order valence-corrected chi connectivity index (χ3v) is 6.37. The number of rotatable bonds is 5. The van der Waals surface area contributed by atoms with Gasteiger partial charge >= 0.3 is 0 Å². The Morgan fingerprint density at radius 2 is 2.17 bits per heavy atom. The molecule has 6 heteroatoms. The van der Waals surface area contributed by atoms with Gasteiger partial charge in [0.25, 0.3) is 0 Å². The fourth-order valence-electron chi connectivity index (χ4n) is 3.99. The van der Waals surface area contributed by atoms with Gasteiger partial charge in [-0.25, -0.2) is 0 Å². The van der Waals surface area contributed by atoms with Crippen LogP contribution in [0.1, 0.15) is 24.8 Å². The highest BCUT2D eigenvalue weighted by Gasteiger charge is 2.42. The summed E-state index contributed by atoms with van der Waals surface area (Å²) in [6.07, 6.45) is 2.67. The molecule has 3 rings (SSSR count). The Labute approximate surface area is 149 Å². The van der Waals surface area contributed by atoms with E-state index in [4.69, 9.17) is 4.74 Å². The number of carbonyl (C=O) groups is 1. The summed E-state index contributed by atoms with van der Waals surface area (Å²) in [7, 11) is 3.93. The van der Waals surface area contributed by atoms with Crippen LogP contribution in [-0.4, -0.2) is 79.6 Å². The maximum Gasteiger partial charge on any atom is 0.222 e. The maximum absolute atomic E-state index is 12.4. The van der Waals surface area contributed by atoms with Crippen molar-refractivity contribution in [3.63, 3.8) is 0 Å². The van der Waals surface area contributed by atoms with E-state index in [0.717, 1.165) is 45.6 Å². The molecule has 2 saturated heterocycles. The fraction of sp³-hybridized carbons (Fsp3) is 0.722. The van der Waals surface area contributed by atoms with Gasteiger partial charge < -0.3 is 9.64 Å². The number of likely N-dealkylation sites (tertiary alicyclic amines) is 1. The highest BCUT2D eigenvalue weighted by Crippen LogP contribution is 2.32. The predicted octanol–water partition coefficient (Wildman–Crippen LogP) is 1.89. The Morgan fingerprint density at radius 3 is 2.92 bits per heavy atom. The Balaban J connectivity index is 1.66. The van der Waals surface area contributed by atoms with Crippen molar-refractivity contribution >= 4 is 17.2 Å². The molecule has 1 aromatic rings. The third-order valence-electron chi connectivity index (χ3n) is 5.63. The first kappa shape index (κ1) is 17.9. The molecule has 5 nitrogen and oxygen atoms in total. The van der Waals surface area contributed by atoms with Crippen LogP contribution in [0.4, 0.5) is 0 Å². The Morgan fingerprint density at radius 1 is 1.29 bits per heavy atom. The number of amides is 1. The van der Waals surface area contributed by atoms with Crippen LogP contribution in [0.2, 0.25) is 0 Å². The quantitative estimate of drug-likeness (QED) is 0.812. The van der Waals surface area contributed by atoms with Crippen LogP contribution >= 0.6 is 11.3 Å². The van der Waals surface area contributed by atoms with E-state index in [0.29, 0.717) is 19.6 Å². The Bertz CT molecular complexity index is 536. The number of methoxy groups -OCH3 is 1. The molecule has 0 aliphatic carbocycles. The smallest absolute Gasteiger partial charge is 0.222 e. The van der Waals surface area contributed by atoms with Crippen molar-refractivity contribution in [3.8, 4) is 0 Å². The van der Waals surface area contributed by atoms with E-state index in [1.807, 2.05) is 4.90 Å². The molecular weight excluding hydrogens is 322 g/mol. The van der Waals surface area contributed by atoms with E-state index in [1.165, 1.54) is 5.56 Å². The minimum Gasteiger partial charge on any atom is -0.383 e. The van der Waals surface area contributed by atoms with Gasteiger partial charge in [0, 0.05) is 58.3 Å². The van der Waals surface area contributed by atoms with Gasteiger partial charge in [-0.3, -0.25) is 14.6 Å². The largest absolute Gasteiger partial charge is 0.383 e. The van der Waals surface area contributed by atoms with Crippen LogP contribution < -0.4 is 0 Å². The monoisotopic (exact) mass is 351 g/mol. The summed E-state index contributed by atoms with van der Waals surface area (Å²) in [5, 5.41) is 4.40. The molecule has 134 valence electrons. The zero-order valence-corrected chi connectivity index (χ0v) is 15.7. The zero-order chi connectivity index (χ0) is 17.0. The van der Waals surface area contributed by atoms with Gasteiger partial charge in [-0.1, -0.05) is 0 Å². The van der Waals surface area contributed by atoms with Gasteiger partial charge in [0.15, 0.2) is 0 Å². The minimum absolute atomic E-state index is 0.131. The summed E-state index contributed by atoms with van der Waals surface area (Å²) in [5.41, 5.74) is 1.54. The Kier molecular flexibility index (Phi) is 5.92. The van der Waals surface area contributed by atoms with Gasteiger partial charge in [-0.05, 0) is 42.3 Å². The van der Waals surface area contributed by atoms with Gasteiger partial charge in [-0.15, -0.1) is 0 Å². The van der Waals surface area contributed by atoms with Crippen LogP contribution in [0, 0.1) is 0 Å². The Hall–Kier alpha value is -0.950. The predicted molar refractivity (Wildman–Crippen MR) is 97.3 cm³/mol. The number of nitrogens with zero attached hydrogens (tertiary/aromatic N) is 3. The van der Waals surface area contributed by atoms with Crippen LogP contribution in [0.15, 0.2) is 16.8 Å². The summed E-state index contributed by atoms with van der Waals surface area (Å²) in [4.78, 5) is 19.5. The standard InChI is InChI=1S/C18H29N3O2S/c1-19-8-9-20(13-16-4-12-24-14-16)15-18(19)5-3-17(22)21(7-6-18)10-11-23-2/h4,12,14H,3,5-11,13,15H2,1-2H3/t18-/m1/s1. The molecule has 1 atom stereocenters. The number of likely N-dealkylation sites (N-methyl/N-ethyl adjacent to an activating group) is 1. The second kappa shape index (κ2) is 7.95. The fourth-order valence-corrected chi connectivity index (χ4v) is 4.65. The van der Waals surface area contributed by atoms with Crippen molar-refractivity contribution < 1.29 is 9.53 Å². The normalized spacial score (nSPS) is 26.9. The SMILES string of the molecule is COCCN1CC[C@]2(CCC1=O)CN(Cc1ccsc1)CCN2C. The average molecular weight is 352 g/mol. The minimum atomic E-state index is 0.131. The van der Waals surface area contributed by atoms with Crippen molar-refractivity contribution in [1.82, 2.24) is 14.7 Å². The molecule has 24 heavy (non-hydrogen) atoms. The van der Waals surface area contributed by atoms with Gasteiger partial charge in [-0.2, -0.15) is 11.3 Å². The van der Waals surface area contributed by atoms with E-state index in [1.54, 1.807) is 18.4 Å². The van der Waals surface area contributed by atoms with Crippen molar-refractivity contribution in [2.75, 3.05) is 53.5 Å².